The number of benzene rings is 7. The summed E-state index contributed by atoms with van der Waals surface area (Å²) in [6.07, 6.45) is 0. The Morgan fingerprint density at radius 3 is 1.91 bits per heavy atom. The van der Waals surface area contributed by atoms with E-state index in [-0.39, 0.29) is 0 Å². The van der Waals surface area contributed by atoms with Crippen molar-refractivity contribution in [2.24, 2.45) is 0 Å². The summed E-state index contributed by atoms with van der Waals surface area (Å²) in [5, 5.41) is 9.77. The molecule has 0 unspecified atom stereocenters. The molecule has 0 radical (unpaired) electrons. The number of fused-ring (bicyclic) bond motifs is 8. The maximum atomic E-state index is 5.14. The molecule has 2 heterocycles. The molecule has 0 saturated carbocycles. The van der Waals surface area contributed by atoms with Gasteiger partial charge < -0.3 is 0 Å². The third-order valence-corrected chi connectivity index (χ3v) is 9.49. The minimum atomic E-state index is 0.665. The fourth-order valence-corrected chi connectivity index (χ4v) is 7.50. The highest BCUT2D eigenvalue weighted by atomic mass is 32.1. The Kier molecular flexibility index (Phi) is 5.37. The van der Waals surface area contributed by atoms with Crippen molar-refractivity contribution in [3.05, 3.63) is 140 Å². The Hall–Kier alpha value is -5.45. The molecular formula is C39H23N3S. The van der Waals surface area contributed by atoms with E-state index in [0.717, 1.165) is 27.5 Å². The van der Waals surface area contributed by atoms with Crippen LogP contribution in [0.15, 0.2) is 140 Å². The molecular weight excluding hydrogens is 543 g/mol. The number of thiophene rings is 1. The van der Waals surface area contributed by atoms with Crippen molar-refractivity contribution in [3.63, 3.8) is 0 Å². The van der Waals surface area contributed by atoms with Gasteiger partial charge in [-0.05, 0) is 45.1 Å². The highest BCUT2D eigenvalue weighted by Crippen LogP contribution is 2.43. The summed E-state index contributed by atoms with van der Waals surface area (Å²) in [5.41, 5.74) is 2.94. The van der Waals surface area contributed by atoms with Gasteiger partial charge in [0.1, 0.15) is 0 Å². The lowest BCUT2D eigenvalue weighted by Crippen LogP contribution is -2.00. The molecule has 7 aromatic carbocycles. The average molecular weight is 566 g/mol. The summed E-state index contributed by atoms with van der Waals surface area (Å²) >= 11 is 1.87. The summed E-state index contributed by atoms with van der Waals surface area (Å²) in [6.45, 7) is 0. The first-order chi connectivity index (χ1) is 21.3. The molecule has 0 aliphatic rings. The van der Waals surface area contributed by atoms with Crippen LogP contribution in [0.2, 0.25) is 0 Å². The van der Waals surface area contributed by atoms with Gasteiger partial charge in [-0.3, -0.25) is 0 Å². The third kappa shape index (κ3) is 3.92. The van der Waals surface area contributed by atoms with Gasteiger partial charge in [0, 0.05) is 42.2 Å². The SMILES string of the molecule is c1ccc(-c2nc(-c3ccc4ccccc4c3)nc(-c3cc4ccc5c6ccccc6sc5c4c4ccccc34)n2)cc1. The van der Waals surface area contributed by atoms with Gasteiger partial charge in [0.25, 0.3) is 0 Å². The van der Waals surface area contributed by atoms with Gasteiger partial charge >= 0.3 is 0 Å². The molecule has 0 saturated heterocycles. The molecule has 0 fully saturated rings. The van der Waals surface area contributed by atoms with Crippen molar-refractivity contribution < 1.29 is 0 Å². The smallest absolute Gasteiger partial charge is 0.164 e. The molecule has 0 amide bonds. The van der Waals surface area contributed by atoms with Gasteiger partial charge in [-0.15, -0.1) is 11.3 Å². The van der Waals surface area contributed by atoms with Gasteiger partial charge in [0.05, 0.1) is 0 Å². The van der Waals surface area contributed by atoms with E-state index >= 15 is 0 Å². The average Bonchev–Trinajstić information content (AvgIpc) is 3.46. The second-order valence-corrected chi connectivity index (χ2v) is 11.9. The first-order valence-electron chi connectivity index (χ1n) is 14.4. The zero-order valence-electron chi connectivity index (χ0n) is 23.0. The summed E-state index contributed by atoms with van der Waals surface area (Å²) in [5.74, 6) is 2.00. The van der Waals surface area contributed by atoms with Crippen molar-refractivity contribution in [1.82, 2.24) is 15.0 Å². The van der Waals surface area contributed by atoms with E-state index in [1.165, 1.54) is 41.7 Å². The van der Waals surface area contributed by atoms with Crippen molar-refractivity contribution >= 4 is 63.8 Å². The van der Waals surface area contributed by atoms with Crippen LogP contribution >= 0.6 is 11.3 Å². The first-order valence-corrected chi connectivity index (χ1v) is 15.2. The highest BCUT2D eigenvalue weighted by Gasteiger charge is 2.18. The van der Waals surface area contributed by atoms with Crippen LogP contribution in [0.5, 0.6) is 0 Å². The predicted molar refractivity (Wildman–Crippen MR) is 182 cm³/mol. The van der Waals surface area contributed by atoms with E-state index in [4.69, 9.17) is 15.0 Å². The van der Waals surface area contributed by atoms with E-state index in [1.807, 2.05) is 29.5 Å². The van der Waals surface area contributed by atoms with Crippen LogP contribution < -0.4 is 0 Å². The Morgan fingerprint density at radius 1 is 0.395 bits per heavy atom. The van der Waals surface area contributed by atoms with Gasteiger partial charge in [0.2, 0.25) is 0 Å². The van der Waals surface area contributed by atoms with Gasteiger partial charge in [0.15, 0.2) is 17.5 Å². The molecule has 0 atom stereocenters. The van der Waals surface area contributed by atoms with Crippen molar-refractivity contribution in [2.75, 3.05) is 0 Å². The molecule has 0 bridgehead atoms. The first kappa shape index (κ1) is 24.2. The molecule has 43 heavy (non-hydrogen) atoms. The van der Waals surface area contributed by atoms with Crippen LogP contribution in [-0.2, 0) is 0 Å². The zero-order chi connectivity index (χ0) is 28.3. The summed E-state index contributed by atoms with van der Waals surface area (Å²) in [6, 6.07) is 49.1. The molecule has 0 spiro atoms. The van der Waals surface area contributed by atoms with Crippen LogP contribution in [0.1, 0.15) is 0 Å². The fourth-order valence-electron chi connectivity index (χ4n) is 6.23. The van der Waals surface area contributed by atoms with E-state index in [2.05, 4.69) is 121 Å². The Morgan fingerprint density at radius 2 is 1.05 bits per heavy atom. The predicted octanol–water partition coefficient (Wildman–Crippen LogP) is 10.7. The van der Waals surface area contributed by atoms with Crippen molar-refractivity contribution in [3.8, 4) is 34.2 Å². The third-order valence-electron chi connectivity index (χ3n) is 8.28. The number of nitrogens with zero attached hydrogens (tertiary/aromatic N) is 3. The molecule has 9 aromatic rings. The highest BCUT2D eigenvalue weighted by molar-refractivity contribution is 7.26. The maximum absolute atomic E-state index is 5.14. The van der Waals surface area contributed by atoms with Crippen LogP contribution in [0.4, 0.5) is 0 Å². The molecule has 2 aromatic heterocycles. The fraction of sp³-hybridized carbons (Fsp3) is 0. The number of hydrogen-bond acceptors (Lipinski definition) is 4. The second-order valence-electron chi connectivity index (χ2n) is 10.8. The largest absolute Gasteiger partial charge is 0.208 e. The van der Waals surface area contributed by atoms with Crippen LogP contribution in [0.25, 0.3) is 86.7 Å². The molecule has 0 aliphatic heterocycles. The quantitative estimate of drug-likeness (QED) is 0.200. The maximum Gasteiger partial charge on any atom is 0.164 e. The number of hydrogen-bond donors (Lipinski definition) is 0. The monoisotopic (exact) mass is 565 g/mol. The minimum absolute atomic E-state index is 0.665. The Balaban J connectivity index is 1.34. The van der Waals surface area contributed by atoms with Gasteiger partial charge in [-0.2, -0.15) is 0 Å². The normalized spacial score (nSPS) is 11.7. The second kappa shape index (κ2) is 9.55. The lowest BCUT2D eigenvalue weighted by molar-refractivity contribution is 1.08. The van der Waals surface area contributed by atoms with Gasteiger partial charge in [-0.25, -0.2) is 15.0 Å². The number of rotatable bonds is 3. The Labute approximate surface area is 251 Å². The van der Waals surface area contributed by atoms with Gasteiger partial charge in [-0.1, -0.05) is 121 Å². The summed E-state index contributed by atoms with van der Waals surface area (Å²) in [7, 11) is 0. The number of aromatic nitrogens is 3. The lowest BCUT2D eigenvalue weighted by Gasteiger charge is -2.13. The minimum Gasteiger partial charge on any atom is -0.208 e. The van der Waals surface area contributed by atoms with Crippen molar-refractivity contribution in [1.29, 1.82) is 0 Å². The van der Waals surface area contributed by atoms with E-state index in [1.54, 1.807) is 0 Å². The van der Waals surface area contributed by atoms with Crippen LogP contribution in [0, 0.1) is 0 Å². The van der Waals surface area contributed by atoms with E-state index in [9.17, 15) is 0 Å². The summed E-state index contributed by atoms with van der Waals surface area (Å²) in [4.78, 5) is 15.2. The topological polar surface area (TPSA) is 38.7 Å². The Bertz CT molecular complexity index is 2510. The molecule has 3 nitrogen and oxygen atoms in total. The van der Waals surface area contributed by atoms with E-state index < -0.39 is 0 Å². The van der Waals surface area contributed by atoms with Crippen molar-refractivity contribution in [2.45, 2.75) is 0 Å². The summed E-state index contributed by atoms with van der Waals surface area (Å²) < 4.78 is 2.63. The molecule has 200 valence electrons. The molecule has 4 heteroatoms. The zero-order valence-corrected chi connectivity index (χ0v) is 23.8. The van der Waals surface area contributed by atoms with E-state index in [0.29, 0.717) is 17.5 Å². The van der Waals surface area contributed by atoms with Crippen LogP contribution in [0.3, 0.4) is 0 Å². The molecule has 9 rings (SSSR count). The van der Waals surface area contributed by atoms with Crippen LogP contribution in [-0.4, -0.2) is 15.0 Å². The molecule has 0 aliphatic carbocycles. The lowest BCUT2D eigenvalue weighted by atomic mass is 9.95. The molecule has 0 N–H and O–H groups in total. The standard InChI is InChI=1S/C39H23N3S/c1-2-11-25(12-3-1)37-40-38(28-19-18-24-10-4-5-13-26(24)22-28)42-39(41-37)33-23-27-20-21-32-30-15-8-9-17-34(30)43-36(32)35(27)31-16-7-6-14-29(31)33/h1-23H.